The molecule has 1 unspecified atom stereocenters. The Bertz CT molecular complexity index is 839. The summed E-state index contributed by atoms with van der Waals surface area (Å²) in [7, 11) is 0. The van der Waals surface area contributed by atoms with E-state index in [0.29, 0.717) is 15.9 Å². The first kappa shape index (κ1) is 16.5. The van der Waals surface area contributed by atoms with Gasteiger partial charge < -0.3 is 5.32 Å². The van der Waals surface area contributed by atoms with E-state index < -0.39 is 0 Å². The van der Waals surface area contributed by atoms with Crippen molar-refractivity contribution in [2.24, 2.45) is 0 Å². The zero-order valence-corrected chi connectivity index (χ0v) is 14.3. The molecule has 0 saturated heterocycles. The average molecular weight is 360 g/mol. The Kier molecular flexibility index (Phi) is 5.12. The Hall–Kier alpha value is -2.38. The van der Waals surface area contributed by atoms with Crippen LogP contribution in [-0.4, -0.2) is 31.4 Å². The summed E-state index contributed by atoms with van der Waals surface area (Å²) in [5, 5.41) is 15.3. The molecule has 0 bridgehead atoms. The van der Waals surface area contributed by atoms with Crippen LogP contribution in [0.2, 0.25) is 5.02 Å². The summed E-state index contributed by atoms with van der Waals surface area (Å²) in [5.41, 5.74) is 1.50. The lowest BCUT2D eigenvalue weighted by Gasteiger charge is -2.12. The van der Waals surface area contributed by atoms with E-state index in [0.717, 1.165) is 5.69 Å². The van der Waals surface area contributed by atoms with E-state index in [-0.39, 0.29) is 11.2 Å². The number of nitrogens with zero attached hydrogens (tertiary/aromatic N) is 4. The molecule has 1 heterocycles. The fraction of sp³-hybridized carbons (Fsp3) is 0.125. The van der Waals surface area contributed by atoms with Crippen LogP contribution < -0.4 is 5.32 Å². The van der Waals surface area contributed by atoms with E-state index in [2.05, 4.69) is 20.8 Å². The fourth-order valence-electron chi connectivity index (χ4n) is 2.01. The zero-order chi connectivity index (χ0) is 16.9. The number of hydrogen-bond acceptors (Lipinski definition) is 5. The molecule has 0 aliphatic heterocycles. The van der Waals surface area contributed by atoms with Crippen LogP contribution in [0.15, 0.2) is 59.8 Å². The van der Waals surface area contributed by atoms with Crippen molar-refractivity contribution >= 4 is 35.0 Å². The van der Waals surface area contributed by atoms with Crippen LogP contribution in [0.5, 0.6) is 0 Å². The summed E-state index contributed by atoms with van der Waals surface area (Å²) >= 11 is 7.21. The van der Waals surface area contributed by atoms with Gasteiger partial charge in [0.1, 0.15) is 0 Å². The quantitative estimate of drug-likeness (QED) is 0.706. The lowest BCUT2D eigenvalue weighted by Crippen LogP contribution is -2.22. The molecule has 0 radical (unpaired) electrons. The topological polar surface area (TPSA) is 72.7 Å². The minimum atomic E-state index is -0.377. The fourth-order valence-corrected chi connectivity index (χ4v) is 3.00. The van der Waals surface area contributed by atoms with Gasteiger partial charge in [-0.05, 0) is 47.7 Å². The van der Waals surface area contributed by atoms with E-state index >= 15 is 0 Å². The summed E-state index contributed by atoms with van der Waals surface area (Å²) in [6, 6.07) is 16.5. The Balaban J connectivity index is 1.70. The van der Waals surface area contributed by atoms with Crippen LogP contribution in [-0.2, 0) is 4.79 Å². The van der Waals surface area contributed by atoms with E-state index in [4.69, 9.17) is 11.6 Å². The molecule has 24 heavy (non-hydrogen) atoms. The Morgan fingerprint density at radius 3 is 2.75 bits per heavy atom. The number of nitrogens with one attached hydrogen (secondary N) is 1. The number of carbonyl (C=O) groups excluding carboxylic acids is 1. The molecule has 1 atom stereocenters. The smallest absolute Gasteiger partial charge is 0.237 e. The number of thioether (sulfide) groups is 1. The summed E-state index contributed by atoms with van der Waals surface area (Å²) in [5.74, 6) is -0.148. The molecule has 1 aromatic heterocycles. The highest BCUT2D eigenvalue weighted by Gasteiger charge is 2.19. The van der Waals surface area contributed by atoms with Crippen molar-refractivity contribution < 1.29 is 4.79 Å². The minimum absolute atomic E-state index is 0.148. The van der Waals surface area contributed by atoms with Crippen LogP contribution in [0.4, 0.5) is 5.69 Å². The van der Waals surface area contributed by atoms with Crippen molar-refractivity contribution in [3.63, 3.8) is 0 Å². The molecule has 1 N–H and O–H groups in total. The maximum Gasteiger partial charge on any atom is 0.237 e. The Morgan fingerprint density at radius 2 is 2.00 bits per heavy atom. The number of halogens is 1. The van der Waals surface area contributed by atoms with Crippen LogP contribution in [0, 0.1) is 0 Å². The molecular weight excluding hydrogens is 346 g/mol. The van der Waals surface area contributed by atoms with Crippen molar-refractivity contribution in [1.29, 1.82) is 0 Å². The monoisotopic (exact) mass is 359 g/mol. The van der Waals surface area contributed by atoms with Gasteiger partial charge in [0, 0.05) is 10.7 Å². The molecule has 0 saturated carbocycles. The molecule has 0 aliphatic rings. The maximum absolute atomic E-state index is 12.3. The number of amides is 1. The molecule has 122 valence electrons. The number of para-hydroxylation sites is 1. The first-order valence-electron chi connectivity index (χ1n) is 7.20. The van der Waals surface area contributed by atoms with Gasteiger partial charge in [-0.3, -0.25) is 4.79 Å². The SMILES string of the molecule is CC(Sc1nnnn1-c1ccccc1)C(=O)Nc1cccc(Cl)c1. The van der Waals surface area contributed by atoms with E-state index in [1.807, 2.05) is 30.3 Å². The van der Waals surface area contributed by atoms with Gasteiger partial charge in [0.25, 0.3) is 0 Å². The highest BCUT2D eigenvalue weighted by atomic mass is 35.5. The van der Waals surface area contributed by atoms with Crippen molar-refractivity contribution in [1.82, 2.24) is 20.2 Å². The van der Waals surface area contributed by atoms with Gasteiger partial charge in [-0.2, -0.15) is 4.68 Å². The van der Waals surface area contributed by atoms with Gasteiger partial charge in [-0.1, -0.05) is 47.6 Å². The van der Waals surface area contributed by atoms with E-state index in [1.54, 1.807) is 35.9 Å². The summed E-state index contributed by atoms with van der Waals surface area (Å²) < 4.78 is 1.60. The highest BCUT2D eigenvalue weighted by Crippen LogP contribution is 2.24. The summed E-state index contributed by atoms with van der Waals surface area (Å²) in [6.45, 7) is 1.80. The number of tetrazole rings is 1. The number of rotatable bonds is 5. The van der Waals surface area contributed by atoms with Gasteiger partial charge in [-0.15, -0.1) is 5.10 Å². The second-order valence-corrected chi connectivity index (χ2v) is 6.71. The Labute approximate surface area is 148 Å². The largest absolute Gasteiger partial charge is 0.325 e. The average Bonchev–Trinajstić information content (AvgIpc) is 3.03. The van der Waals surface area contributed by atoms with Crippen molar-refractivity contribution in [3.8, 4) is 5.69 Å². The zero-order valence-electron chi connectivity index (χ0n) is 12.8. The standard InChI is InChI=1S/C16H14ClN5OS/c1-11(15(23)18-13-7-5-6-12(17)10-13)24-16-19-20-21-22(16)14-8-3-2-4-9-14/h2-11H,1H3,(H,18,23). The van der Waals surface area contributed by atoms with Gasteiger partial charge in [0.2, 0.25) is 11.1 Å². The third-order valence-electron chi connectivity index (χ3n) is 3.19. The van der Waals surface area contributed by atoms with Gasteiger partial charge >= 0.3 is 0 Å². The second-order valence-electron chi connectivity index (χ2n) is 4.97. The molecule has 0 spiro atoms. The number of anilines is 1. The molecule has 8 heteroatoms. The first-order valence-corrected chi connectivity index (χ1v) is 8.46. The Morgan fingerprint density at radius 1 is 1.21 bits per heavy atom. The number of aromatic nitrogens is 4. The number of hydrogen-bond donors (Lipinski definition) is 1. The lowest BCUT2D eigenvalue weighted by molar-refractivity contribution is -0.115. The normalized spacial score (nSPS) is 11.9. The number of benzene rings is 2. The van der Waals surface area contributed by atoms with Gasteiger partial charge in [-0.25, -0.2) is 0 Å². The molecule has 6 nitrogen and oxygen atoms in total. The first-order chi connectivity index (χ1) is 11.6. The van der Waals surface area contributed by atoms with Gasteiger partial charge in [0.15, 0.2) is 0 Å². The number of carbonyl (C=O) groups is 1. The molecule has 2 aromatic carbocycles. The minimum Gasteiger partial charge on any atom is -0.325 e. The summed E-state index contributed by atoms with van der Waals surface area (Å²) in [6.07, 6.45) is 0. The predicted octanol–water partition coefficient (Wildman–Crippen LogP) is 3.44. The van der Waals surface area contributed by atoms with Crippen LogP contribution in [0.3, 0.4) is 0 Å². The highest BCUT2D eigenvalue weighted by molar-refractivity contribution is 8.00. The third kappa shape index (κ3) is 3.93. The maximum atomic E-state index is 12.3. The molecular formula is C16H14ClN5OS. The van der Waals surface area contributed by atoms with Crippen molar-refractivity contribution in [2.45, 2.75) is 17.3 Å². The van der Waals surface area contributed by atoms with Gasteiger partial charge in [0.05, 0.1) is 10.9 Å². The van der Waals surface area contributed by atoms with Crippen molar-refractivity contribution in [2.75, 3.05) is 5.32 Å². The predicted molar refractivity (Wildman–Crippen MR) is 94.6 cm³/mol. The molecule has 0 fully saturated rings. The molecule has 3 aromatic rings. The van der Waals surface area contributed by atoms with Crippen molar-refractivity contribution in [3.05, 3.63) is 59.6 Å². The van der Waals surface area contributed by atoms with Crippen LogP contribution >= 0.6 is 23.4 Å². The molecule has 3 rings (SSSR count). The molecule has 0 aliphatic carbocycles. The summed E-state index contributed by atoms with van der Waals surface area (Å²) in [4.78, 5) is 12.3. The van der Waals surface area contributed by atoms with E-state index in [1.165, 1.54) is 11.8 Å². The van der Waals surface area contributed by atoms with Crippen LogP contribution in [0.1, 0.15) is 6.92 Å². The van der Waals surface area contributed by atoms with Crippen LogP contribution in [0.25, 0.3) is 5.69 Å². The second kappa shape index (κ2) is 7.46. The molecule has 1 amide bonds. The lowest BCUT2D eigenvalue weighted by atomic mass is 10.3. The van der Waals surface area contributed by atoms with E-state index in [9.17, 15) is 4.79 Å². The third-order valence-corrected chi connectivity index (χ3v) is 4.45.